The maximum Gasteiger partial charge on any atom is 0.339 e. The summed E-state index contributed by atoms with van der Waals surface area (Å²) < 4.78 is 6.96. The van der Waals surface area contributed by atoms with Crippen LogP contribution in [0.4, 0.5) is 0 Å². The van der Waals surface area contributed by atoms with E-state index in [0.717, 1.165) is 25.7 Å². The maximum atomic E-state index is 12.8. The van der Waals surface area contributed by atoms with Gasteiger partial charge in [0.2, 0.25) is 0 Å². The largest absolute Gasteiger partial charge is 0.478 e. The molecule has 8 nitrogen and oxygen atoms in total. The van der Waals surface area contributed by atoms with E-state index < -0.39 is 23.3 Å². The van der Waals surface area contributed by atoms with Crippen molar-refractivity contribution in [3.05, 3.63) is 34.2 Å². The number of halogens is 1. The quantitative estimate of drug-likeness (QED) is 0.328. The van der Waals surface area contributed by atoms with Crippen molar-refractivity contribution >= 4 is 35.2 Å². The molecule has 2 heterocycles. The molecule has 1 amide bonds. The Morgan fingerprint density at radius 1 is 1.24 bits per heavy atom. The number of carbonyl (C=O) groups excluding carboxylic acids is 3. The molecule has 0 spiro atoms. The Hall–Kier alpha value is -2.61. The van der Waals surface area contributed by atoms with Gasteiger partial charge in [-0.3, -0.25) is 14.4 Å². The van der Waals surface area contributed by atoms with E-state index in [0.29, 0.717) is 31.5 Å². The molecular weight excluding hydrogens is 460 g/mol. The molecule has 1 aromatic heterocycles. The highest BCUT2D eigenvalue weighted by Gasteiger charge is 2.34. The van der Waals surface area contributed by atoms with E-state index in [1.165, 1.54) is 6.20 Å². The third-order valence-corrected chi connectivity index (χ3v) is 6.93. The Morgan fingerprint density at radius 3 is 2.47 bits per heavy atom. The predicted molar refractivity (Wildman–Crippen MR) is 127 cm³/mol. The molecule has 0 radical (unpaired) electrons. The molecule has 2 N–H and O–H groups in total. The van der Waals surface area contributed by atoms with Crippen LogP contribution in [0.2, 0.25) is 5.02 Å². The Balaban J connectivity index is 1.57. The maximum absolute atomic E-state index is 12.8. The van der Waals surface area contributed by atoms with Gasteiger partial charge in [0.25, 0.3) is 11.7 Å². The van der Waals surface area contributed by atoms with Gasteiger partial charge in [-0.15, -0.1) is 0 Å². The molecule has 1 fully saturated rings. The van der Waals surface area contributed by atoms with Crippen molar-refractivity contribution in [3.8, 4) is 0 Å². The lowest BCUT2D eigenvalue weighted by Gasteiger charge is -2.35. The number of allylic oxidation sites excluding steroid dienone is 1. The molecule has 0 unspecified atom stereocenters. The van der Waals surface area contributed by atoms with Gasteiger partial charge in [-0.2, -0.15) is 0 Å². The number of ketones is 1. The minimum Gasteiger partial charge on any atom is -0.478 e. The van der Waals surface area contributed by atoms with Gasteiger partial charge in [0.15, 0.2) is 0 Å². The van der Waals surface area contributed by atoms with Crippen LogP contribution in [0.3, 0.4) is 0 Å². The number of aromatic nitrogens is 1. The fourth-order valence-corrected chi connectivity index (χ4v) is 5.18. The number of hydrogen-bond acceptors (Lipinski definition) is 5. The number of carbonyl (C=O) groups is 4. The number of amides is 1. The highest BCUT2D eigenvalue weighted by atomic mass is 35.5. The van der Waals surface area contributed by atoms with Gasteiger partial charge in [0, 0.05) is 24.9 Å². The third kappa shape index (κ3) is 5.90. The SMILES string of the molecule is CC1(/C=C/NC(=O)C(=O)c2c(Cl)c(C(=O)O)c3n2CCC3)CCC(CC(=O)OC(C)(C)C)CC1. The first kappa shape index (κ1) is 26.0. The van der Waals surface area contributed by atoms with Crippen LogP contribution in [0.15, 0.2) is 12.3 Å². The van der Waals surface area contributed by atoms with Crippen molar-refractivity contribution in [2.45, 2.75) is 84.8 Å². The summed E-state index contributed by atoms with van der Waals surface area (Å²) in [6.07, 6.45) is 8.41. The average Bonchev–Trinajstić information content (AvgIpc) is 3.27. The van der Waals surface area contributed by atoms with Crippen LogP contribution >= 0.6 is 11.6 Å². The lowest BCUT2D eigenvalue weighted by molar-refractivity contribution is -0.156. The number of fused-ring (bicyclic) bond motifs is 1. The van der Waals surface area contributed by atoms with Gasteiger partial charge in [0.05, 0.1) is 10.6 Å². The molecule has 3 rings (SSSR count). The van der Waals surface area contributed by atoms with Crippen LogP contribution in [0, 0.1) is 11.3 Å². The topological polar surface area (TPSA) is 115 Å². The summed E-state index contributed by atoms with van der Waals surface area (Å²) in [4.78, 5) is 49.0. The standard InChI is InChI=1S/C25H33ClN2O6/c1-24(2,3)34-17(29)14-15-7-9-25(4,10-8-15)11-12-27-22(31)21(30)20-19(26)18(23(32)33)16-6-5-13-28(16)20/h11-12,15H,5-10,13-14H2,1-4H3,(H,27,31)(H,32,33)/b12-11+. The number of nitrogens with zero attached hydrogens (tertiary/aromatic N) is 1. The van der Waals surface area contributed by atoms with Crippen LogP contribution in [-0.2, 0) is 27.3 Å². The summed E-state index contributed by atoms with van der Waals surface area (Å²) >= 11 is 6.19. The van der Waals surface area contributed by atoms with E-state index in [2.05, 4.69) is 12.2 Å². The van der Waals surface area contributed by atoms with E-state index >= 15 is 0 Å². The zero-order valence-electron chi connectivity index (χ0n) is 20.2. The van der Waals surface area contributed by atoms with Gasteiger partial charge < -0.3 is 19.7 Å². The predicted octanol–water partition coefficient (Wildman–Crippen LogP) is 4.53. The molecular formula is C25H33ClN2O6. The van der Waals surface area contributed by atoms with Crippen LogP contribution < -0.4 is 5.32 Å². The van der Waals surface area contributed by atoms with Gasteiger partial charge in [-0.05, 0) is 70.6 Å². The van der Waals surface area contributed by atoms with Gasteiger partial charge in [-0.1, -0.05) is 24.6 Å². The minimum absolute atomic E-state index is 0.0636. The monoisotopic (exact) mass is 492 g/mol. The average molecular weight is 493 g/mol. The highest BCUT2D eigenvalue weighted by molar-refractivity contribution is 6.47. The summed E-state index contributed by atoms with van der Waals surface area (Å²) in [6, 6.07) is 0. The van der Waals surface area contributed by atoms with Gasteiger partial charge >= 0.3 is 11.9 Å². The van der Waals surface area contributed by atoms with Gasteiger partial charge in [0.1, 0.15) is 11.3 Å². The van der Waals surface area contributed by atoms with Crippen molar-refractivity contribution in [2.75, 3.05) is 0 Å². The molecule has 34 heavy (non-hydrogen) atoms. The molecule has 1 aromatic rings. The fraction of sp³-hybridized carbons (Fsp3) is 0.600. The van der Waals surface area contributed by atoms with Crippen molar-refractivity contribution in [3.63, 3.8) is 0 Å². The lowest BCUT2D eigenvalue weighted by atomic mass is 9.71. The lowest BCUT2D eigenvalue weighted by Crippen LogP contribution is -2.30. The Bertz CT molecular complexity index is 1030. The first-order valence-electron chi connectivity index (χ1n) is 11.7. The minimum atomic E-state index is -1.20. The van der Waals surface area contributed by atoms with Crippen LogP contribution in [-0.4, -0.2) is 38.9 Å². The number of aromatic carboxylic acids is 1. The number of esters is 1. The molecule has 186 valence electrons. The van der Waals surface area contributed by atoms with Crippen LogP contribution in [0.5, 0.6) is 0 Å². The molecule has 1 aliphatic heterocycles. The first-order chi connectivity index (χ1) is 15.8. The Kier molecular flexibility index (Phi) is 7.60. The molecule has 9 heteroatoms. The van der Waals surface area contributed by atoms with Gasteiger partial charge in [-0.25, -0.2) is 4.79 Å². The summed E-state index contributed by atoms with van der Waals surface area (Å²) in [5, 5.41) is 11.8. The third-order valence-electron chi connectivity index (χ3n) is 6.57. The van der Waals surface area contributed by atoms with E-state index in [4.69, 9.17) is 16.3 Å². The van der Waals surface area contributed by atoms with Crippen molar-refractivity contribution in [2.24, 2.45) is 11.3 Å². The van der Waals surface area contributed by atoms with Crippen molar-refractivity contribution in [1.29, 1.82) is 0 Å². The molecule has 1 saturated carbocycles. The van der Waals surface area contributed by atoms with E-state index in [-0.39, 0.29) is 33.6 Å². The van der Waals surface area contributed by atoms with E-state index in [1.54, 1.807) is 4.57 Å². The second-order valence-corrected chi connectivity index (χ2v) is 10.9. The number of rotatable bonds is 7. The Labute approximate surface area is 204 Å². The number of nitrogens with one attached hydrogen (secondary N) is 1. The number of carboxylic acids is 1. The van der Waals surface area contributed by atoms with Crippen LogP contribution in [0.1, 0.15) is 92.8 Å². The fourth-order valence-electron chi connectivity index (χ4n) is 4.80. The zero-order chi connectivity index (χ0) is 25.3. The summed E-state index contributed by atoms with van der Waals surface area (Å²) in [5.41, 5.74) is -0.322. The molecule has 0 aromatic carbocycles. The Morgan fingerprint density at radius 2 is 1.88 bits per heavy atom. The summed E-state index contributed by atoms with van der Waals surface area (Å²) in [7, 11) is 0. The van der Waals surface area contributed by atoms with Crippen molar-refractivity contribution < 1.29 is 29.0 Å². The number of ether oxygens (including phenoxy) is 1. The summed E-state index contributed by atoms with van der Waals surface area (Å²) in [6.45, 7) is 8.10. The molecule has 0 saturated heterocycles. The molecule has 0 atom stereocenters. The molecule has 2 aliphatic rings. The van der Waals surface area contributed by atoms with E-state index in [9.17, 15) is 24.3 Å². The normalized spacial score (nSPS) is 22.4. The molecule has 1 aliphatic carbocycles. The molecule has 0 bridgehead atoms. The smallest absolute Gasteiger partial charge is 0.339 e. The van der Waals surface area contributed by atoms with Crippen molar-refractivity contribution in [1.82, 2.24) is 9.88 Å². The second-order valence-electron chi connectivity index (χ2n) is 10.6. The summed E-state index contributed by atoms with van der Waals surface area (Å²) in [5.74, 6) is -2.82. The van der Waals surface area contributed by atoms with Crippen LogP contribution in [0.25, 0.3) is 0 Å². The highest BCUT2D eigenvalue weighted by Crippen LogP contribution is 2.41. The second kappa shape index (κ2) is 9.94. The van der Waals surface area contributed by atoms with E-state index in [1.807, 2.05) is 26.8 Å². The first-order valence-corrected chi connectivity index (χ1v) is 12.1. The zero-order valence-corrected chi connectivity index (χ0v) is 21.0. The number of Topliss-reactive ketones (excluding diaryl/α,β-unsaturated/α-hetero) is 1. The number of hydrogen-bond donors (Lipinski definition) is 2. The number of carboxylic acid groups (broad SMARTS) is 1.